The van der Waals surface area contributed by atoms with Gasteiger partial charge in [0.1, 0.15) is 10.8 Å². The third-order valence-electron chi connectivity index (χ3n) is 2.33. The quantitative estimate of drug-likeness (QED) is 0.824. The van der Waals surface area contributed by atoms with E-state index in [1.807, 2.05) is 6.07 Å². The third-order valence-corrected chi connectivity index (χ3v) is 2.60. The van der Waals surface area contributed by atoms with Gasteiger partial charge in [-0.05, 0) is 30.3 Å². The van der Waals surface area contributed by atoms with E-state index >= 15 is 0 Å². The number of nitriles is 1. The Bertz CT molecular complexity index is 663. The second-order valence-corrected chi connectivity index (χ2v) is 4.15. The summed E-state index contributed by atoms with van der Waals surface area (Å²) < 4.78 is 42.6. The smallest absolute Gasteiger partial charge is 0.417 e. The molecule has 1 aromatic carbocycles. The van der Waals surface area contributed by atoms with Crippen LogP contribution in [0.25, 0.3) is 0 Å². The lowest BCUT2D eigenvalue weighted by Crippen LogP contribution is -2.05. The topological polar surface area (TPSA) is 45.9 Å². The first-order chi connectivity index (χ1) is 9.40. The molecular weight excluding hydrogens is 293 g/mol. The number of hydrogen-bond acceptors (Lipinski definition) is 3. The number of alkyl halides is 3. The summed E-state index contributed by atoms with van der Waals surface area (Å²) in [6.07, 6.45) is -3.87. The van der Waals surface area contributed by atoms with Gasteiger partial charge in [0.15, 0.2) is 0 Å². The molecule has 20 heavy (non-hydrogen) atoms. The molecule has 0 fully saturated rings. The molecule has 2 rings (SSSR count). The van der Waals surface area contributed by atoms with Crippen LogP contribution in [0, 0.1) is 11.3 Å². The first-order valence-electron chi connectivity index (χ1n) is 5.31. The Hall–Kier alpha value is -2.26. The Balaban J connectivity index is 2.23. The lowest BCUT2D eigenvalue weighted by molar-refractivity contribution is -0.137. The fraction of sp³-hybridized carbons (Fsp3) is 0.0769. The van der Waals surface area contributed by atoms with Crippen LogP contribution < -0.4 is 4.74 Å². The lowest BCUT2D eigenvalue weighted by atomic mass is 10.2. The highest BCUT2D eigenvalue weighted by atomic mass is 35.5. The zero-order valence-electron chi connectivity index (χ0n) is 9.78. The number of nitrogens with zero attached hydrogens (tertiary/aromatic N) is 2. The van der Waals surface area contributed by atoms with Crippen molar-refractivity contribution in [2.24, 2.45) is 0 Å². The molecule has 0 aliphatic heterocycles. The van der Waals surface area contributed by atoms with Crippen LogP contribution in [0.4, 0.5) is 13.2 Å². The van der Waals surface area contributed by atoms with Gasteiger partial charge in [0.25, 0.3) is 0 Å². The van der Waals surface area contributed by atoms with Crippen molar-refractivity contribution in [3.8, 4) is 17.7 Å². The second-order valence-electron chi connectivity index (χ2n) is 3.75. The van der Waals surface area contributed by atoms with Crippen LogP contribution in [0.5, 0.6) is 11.6 Å². The molecule has 0 saturated heterocycles. The first-order valence-corrected chi connectivity index (χ1v) is 5.68. The predicted molar refractivity (Wildman–Crippen MR) is 65.5 cm³/mol. The van der Waals surface area contributed by atoms with Gasteiger partial charge in [-0.3, -0.25) is 0 Å². The van der Waals surface area contributed by atoms with E-state index in [-0.39, 0.29) is 10.9 Å². The van der Waals surface area contributed by atoms with Gasteiger partial charge in [-0.15, -0.1) is 0 Å². The average Bonchev–Trinajstić information content (AvgIpc) is 2.41. The van der Waals surface area contributed by atoms with E-state index in [1.54, 1.807) is 0 Å². The zero-order chi connectivity index (χ0) is 14.8. The molecule has 0 unspecified atom stereocenters. The Kier molecular flexibility index (Phi) is 3.81. The molecule has 0 atom stereocenters. The number of halogens is 4. The Morgan fingerprint density at radius 1 is 1.20 bits per heavy atom. The average molecular weight is 299 g/mol. The van der Waals surface area contributed by atoms with Gasteiger partial charge >= 0.3 is 6.18 Å². The second kappa shape index (κ2) is 5.39. The van der Waals surface area contributed by atoms with Gasteiger partial charge in [-0.1, -0.05) is 11.6 Å². The highest BCUT2D eigenvalue weighted by Gasteiger charge is 2.31. The summed E-state index contributed by atoms with van der Waals surface area (Å²) in [5.41, 5.74) is -0.515. The minimum absolute atomic E-state index is 0.135. The minimum atomic E-state index is -4.51. The monoisotopic (exact) mass is 298 g/mol. The van der Waals surface area contributed by atoms with Crippen LogP contribution in [-0.2, 0) is 6.18 Å². The van der Waals surface area contributed by atoms with E-state index in [4.69, 9.17) is 21.6 Å². The summed E-state index contributed by atoms with van der Waals surface area (Å²) in [6.45, 7) is 0. The number of aromatic nitrogens is 1. The van der Waals surface area contributed by atoms with Crippen molar-refractivity contribution in [3.05, 3.63) is 52.7 Å². The molecule has 2 aromatic rings. The van der Waals surface area contributed by atoms with Crippen molar-refractivity contribution in [2.45, 2.75) is 6.18 Å². The molecule has 0 bridgehead atoms. The summed E-state index contributed by atoms with van der Waals surface area (Å²) in [6, 6.07) is 8.68. The molecule has 7 heteroatoms. The van der Waals surface area contributed by atoms with Gasteiger partial charge in [0, 0.05) is 6.20 Å². The Labute approximate surface area is 117 Å². The number of ether oxygens (including phenoxy) is 1. The van der Waals surface area contributed by atoms with E-state index in [9.17, 15) is 13.2 Å². The number of pyridine rings is 1. The molecule has 0 amide bonds. The van der Waals surface area contributed by atoms with Crippen LogP contribution in [0.3, 0.4) is 0 Å². The maximum Gasteiger partial charge on any atom is 0.417 e. The minimum Gasteiger partial charge on any atom is -0.438 e. The summed E-state index contributed by atoms with van der Waals surface area (Å²) in [5, 5.41) is 8.39. The maximum absolute atomic E-state index is 12.4. The molecule has 0 saturated carbocycles. The highest BCUT2D eigenvalue weighted by molar-refractivity contribution is 6.31. The zero-order valence-corrected chi connectivity index (χ0v) is 10.5. The molecule has 3 nitrogen and oxygen atoms in total. The Morgan fingerprint density at radius 2 is 1.85 bits per heavy atom. The van der Waals surface area contributed by atoms with E-state index in [1.165, 1.54) is 24.3 Å². The summed E-state index contributed by atoms with van der Waals surface area (Å²) >= 11 is 5.70. The first kappa shape index (κ1) is 14.2. The molecule has 0 radical (unpaired) electrons. The van der Waals surface area contributed by atoms with E-state index < -0.39 is 11.7 Å². The molecule has 1 aromatic heterocycles. The van der Waals surface area contributed by atoms with E-state index in [0.29, 0.717) is 17.5 Å². The van der Waals surface area contributed by atoms with Crippen LogP contribution in [-0.4, -0.2) is 4.98 Å². The number of rotatable bonds is 2. The molecule has 102 valence electrons. The standard InChI is InChI=1S/C13H6ClF3N2O/c14-11-5-9(13(15,16)17)7-19-12(11)20-10-3-1-8(6-18)2-4-10/h1-5,7H. The highest BCUT2D eigenvalue weighted by Crippen LogP contribution is 2.34. The van der Waals surface area contributed by atoms with Crippen LogP contribution in [0.15, 0.2) is 36.5 Å². The van der Waals surface area contributed by atoms with Crippen LogP contribution >= 0.6 is 11.6 Å². The van der Waals surface area contributed by atoms with Crippen LogP contribution in [0.1, 0.15) is 11.1 Å². The fourth-order valence-electron chi connectivity index (χ4n) is 1.36. The van der Waals surface area contributed by atoms with E-state index in [0.717, 1.165) is 6.07 Å². The predicted octanol–water partition coefficient (Wildman–Crippen LogP) is 4.42. The van der Waals surface area contributed by atoms with Crippen molar-refractivity contribution in [1.29, 1.82) is 5.26 Å². The van der Waals surface area contributed by atoms with Crippen molar-refractivity contribution < 1.29 is 17.9 Å². The lowest BCUT2D eigenvalue weighted by Gasteiger charge is -2.10. The third kappa shape index (κ3) is 3.19. The number of benzene rings is 1. The molecule has 0 N–H and O–H groups in total. The van der Waals surface area contributed by atoms with Gasteiger partial charge in [-0.2, -0.15) is 18.4 Å². The number of hydrogen-bond donors (Lipinski definition) is 0. The summed E-state index contributed by atoms with van der Waals surface area (Å²) in [5.74, 6) is 0.183. The largest absolute Gasteiger partial charge is 0.438 e. The van der Waals surface area contributed by atoms with Crippen molar-refractivity contribution >= 4 is 11.6 Å². The van der Waals surface area contributed by atoms with Crippen molar-refractivity contribution in [1.82, 2.24) is 4.98 Å². The van der Waals surface area contributed by atoms with Crippen molar-refractivity contribution in [3.63, 3.8) is 0 Å². The van der Waals surface area contributed by atoms with Gasteiger partial charge in [0.05, 0.1) is 17.2 Å². The SMILES string of the molecule is N#Cc1ccc(Oc2ncc(C(F)(F)F)cc2Cl)cc1. The molecule has 1 heterocycles. The summed E-state index contributed by atoms with van der Waals surface area (Å²) in [7, 11) is 0. The van der Waals surface area contributed by atoms with Crippen LogP contribution in [0.2, 0.25) is 5.02 Å². The van der Waals surface area contributed by atoms with Gasteiger partial charge < -0.3 is 4.74 Å². The maximum atomic E-state index is 12.4. The van der Waals surface area contributed by atoms with E-state index in [2.05, 4.69) is 4.98 Å². The van der Waals surface area contributed by atoms with Gasteiger partial charge in [-0.25, -0.2) is 4.98 Å². The fourth-order valence-corrected chi connectivity index (χ4v) is 1.57. The Morgan fingerprint density at radius 3 is 2.35 bits per heavy atom. The molecule has 0 aliphatic rings. The normalized spacial score (nSPS) is 10.9. The van der Waals surface area contributed by atoms with Gasteiger partial charge in [0.2, 0.25) is 5.88 Å². The molecule has 0 aliphatic carbocycles. The van der Waals surface area contributed by atoms with Crippen molar-refractivity contribution in [2.75, 3.05) is 0 Å². The molecule has 0 spiro atoms. The molecular formula is C13H6ClF3N2O. The summed E-state index contributed by atoms with van der Waals surface area (Å²) in [4.78, 5) is 3.54.